The largest absolute Gasteiger partial charge is 0.350 e. The number of nitrogens with zero attached hydrogens (tertiary/aromatic N) is 2. The Morgan fingerprint density at radius 1 is 1.69 bits per heavy atom. The molecule has 1 aromatic rings. The normalized spacial score (nSPS) is 12.4. The van der Waals surface area contributed by atoms with Crippen LogP contribution in [-0.4, -0.2) is 28.5 Å². The highest BCUT2D eigenvalue weighted by molar-refractivity contribution is 5.91. The Hall–Kier alpha value is -1.36. The van der Waals surface area contributed by atoms with Gasteiger partial charge >= 0.3 is 0 Å². The number of imidazole rings is 1. The molecule has 1 atom stereocenters. The molecule has 90 valence electrons. The van der Waals surface area contributed by atoms with Crippen LogP contribution in [0.3, 0.4) is 0 Å². The summed E-state index contributed by atoms with van der Waals surface area (Å²) >= 11 is 0. The lowest BCUT2D eigenvalue weighted by Crippen LogP contribution is -2.30. The summed E-state index contributed by atoms with van der Waals surface area (Å²) in [6.45, 7) is 3.44. The lowest BCUT2D eigenvalue weighted by Gasteiger charge is -2.13. The standard InChI is InChI=1S/C11H20N4O/c1-3-9(4-5-12)6-13-11(16)10-7-15(2)8-14-10/h7-9H,3-6,12H2,1-2H3,(H,13,16). The van der Waals surface area contributed by atoms with Crippen molar-refractivity contribution in [2.24, 2.45) is 18.7 Å². The zero-order chi connectivity index (χ0) is 12.0. The highest BCUT2D eigenvalue weighted by atomic mass is 16.1. The second-order valence-electron chi connectivity index (χ2n) is 3.99. The van der Waals surface area contributed by atoms with Crippen molar-refractivity contribution in [3.05, 3.63) is 18.2 Å². The molecular formula is C11H20N4O. The molecule has 1 aromatic heterocycles. The number of nitrogens with one attached hydrogen (secondary N) is 1. The van der Waals surface area contributed by atoms with Crippen LogP contribution in [0.15, 0.2) is 12.5 Å². The van der Waals surface area contributed by atoms with E-state index in [1.54, 1.807) is 17.1 Å². The number of amides is 1. The topological polar surface area (TPSA) is 72.9 Å². The van der Waals surface area contributed by atoms with Gasteiger partial charge in [0.2, 0.25) is 0 Å². The molecule has 0 saturated carbocycles. The molecule has 1 unspecified atom stereocenters. The van der Waals surface area contributed by atoms with Crippen LogP contribution in [0.5, 0.6) is 0 Å². The van der Waals surface area contributed by atoms with Crippen molar-refractivity contribution in [1.29, 1.82) is 0 Å². The fraction of sp³-hybridized carbons (Fsp3) is 0.636. The summed E-state index contributed by atoms with van der Waals surface area (Å²) in [5, 5.41) is 2.88. The molecule has 0 saturated heterocycles. The Labute approximate surface area is 96.0 Å². The maximum atomic E-state index is 11.7. The van der Waals surface area contributed by atoms with Crippen LogP contribution >= 0.6 is 0 Å². The first-order chi connectivity index (χ1) is 7.67. The van der Waals surface area contributed by atoms with E-state index >= 15 is 0 Å². The van der Waals surface area contributed by atoms with Gasteiger partial charge in [-0.3, -0.25) is 4.79 Å². The highest BCUT2D eigenvalue weighted by Gasteiger charge is 2.11. The van der Waals surface area contributed by atoms with Crippen LogP contribution in [0.4, 0.5) is 0 Å². The first-order valence-corrected chi connectivity index (χ1v) is 5.63. The predicted molar refractivity (Wildman–Crippen MR) is 63.0 cm³/mol. The van der Waals surface area contributed by atoms with Crippen molar-refractivity contribution in [2.45, 2.75) is 19.8 Å². The van der Waals surface area contributed by atoms with Crippen LogP contribution in [0, 0.1) is 5.92 Å². The van der Waals surface area contributed by atoms with Crippen molar-refractivity contribution in [3.63, 3.8) is 0 Å². The Morgan fingerprint density at radius 3 is 2.94 bits per heavy atom. The molecular weight excluding hydrogens is 204 g/mol. The number of aromatic nitrogens is 2. The van der Waals surface area contributed by atoms with Crippen LogP contribution in [0.2, 0.25) is 0 Å². The van der Waals surface area contributed by atoms with Crippen molar-refractivity contribution in [3.8, 4) is 0 Å². The van der Waals surface area contributed by atoms with E-state index in [4.69, 9.17) is 5.73 Å². The summed E-state index contributed by atoms with van der Waals surface area (Å²) in [4.78, 5) is 15.7. The molecule has 0 bridgehead atoms. The summed E-state index contributed by atoms with van der Waals surface area (Å²) in [7, 11) is 1.84. The summed E-state index contributed by atoms with van der Waals surface area (Å²) in [5.74, 6) is 0.341. The first kappa shape index (κ1) is 12.7. The highest BCUT2D eigenvalue weighted by Crippen LogP contribution is 2.05. The third-order valence-corrected chi connectivity index (χ3v) is 2.64. The number of hydrogen-bond donors (Lipinski definition) is 2. The summed E-state index contributed by atoms with van der Waals surface area (Å²) < 4.78 is 1.76. The number of carbonyl (C=O) groups is 1. The molecule has 1 heterocycles. The van der Waals surface area contributed by atoms with Crippen LogP contribution in [0.1, 0.15) is 30.3 Å². The number of carbonyl (C=O) groups excluding carboxylic acids is 1. The molecule has 0 aliphatic heterocycles. The lowest BCUT2D eigenvalue weighted by atomic mass is 10.0. The van der Waals surface area contributed by atoms with E-state index in [1.807, 2.05) is 7.05 Å². The second-order valence-corrected chi connectivity index (χ2v) is 3.99. The fourth-order valence-electron chi connectivity index (χ4n) is 1.54. The Balaban J connectivity index is 2.40. The van der Waals surface area contributed by atoms with Gasteiger partial charge in [-0.15, -0.1) is 0 Å². The van der Waals surface area contributed by atoms with E-state index in [-0.39, 0.29) is 5.91 Å². The van der Waals surface area contributed by atoms with E-state index in [2.05, 4.69) is 17.2 Å². The van der Waals surface area contributed by atoms with Gasteiger partial charge in [0.05, 0.1) is 6.33 Å². The molecule has 5 nitrogen and oxygen atoms in total. The molecule has 3 N–H and O–H groups in total. The molecule has 0 fully saturated rings. The van der Waals surface area contributed by atoms with Gasteiger partial charge in [0.1, 0.15) is 5.69 Å². The van der Waals surface area contributed by atoms with Gasteiger partial charge in [0.25, 0.3) is 5.91 Å². The minimum Gasteiger partial charge on any atom is -0.350 e. The van der Waals surface area contributed by atoms with Crippen molar-refractivity contribution >= 4 is 5.91 Å². The summed E-state index contributed by atoms with van der Waals surface area (Å²) in [6.07, 6.45) is 5.30. The van der Waals surface area contributed by atoms with Crippen molar-refractivity contribution in [1.82, 2.24) is 14.9 Å². The number of aryl methyl sites for hydroxylation is 1. The molecule has 16 heavy (non-hydrogen) atoms. The smallest absolute Gasteiger partial charge is 0.271 e. The van der Waals surface area contributed by atoms with Gasteiger partial charge in [-0.1, -0.05) is 13.3 Å². The molecule has 1 amide bonds. The average molecular weight is 224 g/mol. The van der Waals surface area contributed by atoms with Crippen LogP contribution in [0.25, 0.3) is 0 Å². The SMILES string of the molecule is CCC(CCN)CNC(=O)c1cn(C)cn1. The fourth-order valence-corrected chi connectivity index (χ4v) is 1.54. The molecule has 0 aliphatic carbocycles. The van der Waals surface area contributed by atoms with Gasteiger partial charge in [0, 0.05) is 19.8 Å². The van der Waals surface area contributed by atoms with Gasteiger partial charge in [-0.2, -0.15) is 0 Å². The number of rotatable bonds is 6. The van der Waals surface area contributed by atoms with E-state index < -0.39 is 0 Å². The first-order valence-electron chi connectivity index (χ1n) is 5.63. The zero-order valence-electron chi connectivity index (χ0n) is 9.94. The Kier molecular flexibility index (Phi) is 4.98. The van der Waals surface area contributed by atoms with Gasteiger partial charge in [0.15, 0.2) is 0 Å². The lowest BCUT2D eigenvalue weighted by molar-refractivity contribution is 0.0941. The van der Waals surface area contributed by atoms with Crippen molar-refractivity contribution < 1.29 is 4.79 Å². The second kappa shape index (κ2) is 6.27. The van der Waals surface area contributed by atoms with Crippen LogP contribution in [-0.2, 0) is 7.05 Å². The van der Waals surface area contributed by atoms with Crippen molar-refractivity contribution in [2.75, 3.05) is 13.1 Å². The third kappa shape index (κ3) is 3.66. The molecule has 0 spiro atoms. The number of hydrogen-bond acceptors (Lipinski definition) is 3. The molecule has 0 aromatic carbocycles. The molecule has 0 aliphatic rings. The number of nitrogens with two attached hydrogens (primary N) is 1. The van der Waals surface area contributed by atoms with Crippen LogP contribution < -0.4 is 11.1 Å². The maximum Gasteiger partial charge on any atom is 0.271 e. The zero-order valence-corrected chi connectivity index (χ0v) is 9.94. The Bertz CT molecular complexity index is 334. The third-order valence-electron chi connectivity index (χ3n) is 2.64. The maximum absolute atomic E-state index is 11.7. The minimum absolute atomic E-state index is 0.115. The van der Waals surface area contributed by atoms with E-state index in [0.717, 1.165) is 12.8 Å². The predicted octanol–water partition coefficient (Wildman–Crippen LogP) is 0.525. The molecule has 5 heteroatoms. The monoisotopic (exact) mass is 224 g/mol. The summed E-state index contributed by atoms with van der Waals surface area (Å²) in [6, 6.07) is 0. The van der Waals surface area contributed by atoms with Gasteiger partial charge < -0.3 is 15.6 Å². The quantitative estimate of drug-likeness (QED) is 0.740. The molecule has 1 rings (SSSR count). The Morgan fingerprint density at radius 2 is 2.44 bits per heavy atom. The average Bonchev–Trinajstić information content (AvgIpc) is 2.70. The van der Waals surface area contributed by atoms with E-state index in [9.17, 15) is 4.79 Å². The van der Waals surface area contributed by atoms with E-state index in [0.29, 0.717) is 24.7 Å². The molecule has 0 radical (unpaired) electrons. The van der Waals surface area contributed by atoms with Gasteiger partial charge in [-0.25, -0.2) is 4.98 Å². The summed E-state index contributed by atoms with van der Waals surface area (Å²) in [5.41, 5.74) is 5.96. The van der Waals surface area contributed by atoms with Gasteiger partial charge in [-0.05, 0) is 18.9 Å². The van der Waals surface area contributed by atoms with E-state index in [1.165, 1.54) is 0 Å². The minimum atomic E-state index is -0.115.